The molecular formula is C16H32O4. The molecule has 120 valence electrons. The molecule has 0 bridgehead atoms. The van der Waals surface area contributed by atoms with Crippen molar-refractivity contribution in [1.82, 2.24) is 0 Å². The van der Waals surface area contributed by atoms with Crippen LogP contribution in [-0.2, 0) is 14.6 Å². The summed E-state index contributed by atoms with van der Waals surface area (Å²) in [5, 5.41) is 9.47. The van der Waals surface area contributed by atoms with Crippen molar-refractivity contribution in [3.05, 3.63) is 0 Å². The Hall–Kier alpha value is -0.610. The summed E-state index contributed by atoms with van der Waals surface area (Å²) >= 11 is 0. The Bertz CT molecular complexity index is 311. The van der Waals surface area contributed by atoms with E-state index in [4.69, 9.17) is 9.78 Å². The third-order valence-corrected chi connectivity index (χ3v) is 3.84. The highest BCUT2D eigenvalue weighted by molar-refractivity contribution is 5.75. The second-order valence-electron chi connectivity index (χ2n) is 7.49. The van der Waals surface area contributed by atoms with Gasteiger partial charge in [-0.1, -0.05) is 34.6 Å². The molecule has 4 nitrogen and oxygen atoms in total. The van der Waals surface area contributed by atoms with Gasteiger partial charge in [0.25, 0.3) is 0 Å². The molecule has 20 heavy (non-hydrogen) atoms. The molecule has 0 saturated carbocycles. The SMILES string of the molecule is CCC(CC)(C(=O)O)C(C)OOC(C)(C)CC(C)(C)C. The predicted molar refractivity (Wildman–Crippen MR) is 80.4 cm³/mol. The van der Waals surface area contributed by atoms with Crippen molar-refractivity contribution < 1.29 is 19.7 Å². The third kappa shape index (κ3) is 5.41. The van der Waals surface area contributed by atoms with Crippen LogP contribution < -0.4 is 0 Å². The summed E-state index contributed by atoms with van der Waals surface area (Å²) in [5.41, 5.74) is -1.22. The average Bonchev–Trinajstić information content (AvgIpc) is 2.25. The summed E-state index contributed by atoms with van der Waals surface area (Å²) in [5.74, 6) is -0.827. The number of hydrogen-bond acceptors (Lipinski definition) is 3. The molecule has 0 spiro atoms. The van der Waals surface area contributed by atoms with E-state index in [1.807, 2.05) is 27.7 Å². The van der Waals surface area contributed by atoms with E-state index >= 15 is 0 Å². The van der Waals surface area contributed by atoms with Crippen molar-refractivity contribution in [2.24, 2.45) is 10.8 Å². The van der Waals surface area contributed by atoms with Crippen molar-refractivity contribution in [2.45, 2.75) is 86.4 Å². The second kappa shape index (κ2) is 6.90. The number of rotatable bonds is 8. The van der Waals surface area contributed by atoms with Crippen molar-refractivity contribution in [3.8, 4) is 0 Å². The molecule has 0 aliphatic heterocycles. The summed E-state index contributed by atoms with van der Waals surface area (Å²) in [6, 6.07) is 0. The third-order valence-electron chi connectivity index (χ3n) is 3.84. The van der Waals surface area contributed by atoms with Crippen LogP contribution >= 0.6 is 0 Å². The van der Waals surface area contributed by atoms with E-state index in [0.29, 0.717) is 12.8 Å². The van der Waals surface area contributed by atoms with Crippen LogP contribution in [0.4, 0.5) is 0 Å². The summed E-state index contributed by atoms with van der Waals surface area (Å²) in [6.45, 7) is 15.9. The second-order valence-corrected chi connectivity index (χ2v) is 7.49. The van der Waals surface area contributed by atoms with Gasteiger partial charge in [0.1, 0.15) is 6.10 Å². The molecule has 0 saturated heterocycles. The van der Waals surface area contributed by atoms with E-state index < -0.39 is 23.1 Å². The van der Waals surface area contributed by atoms with E-state index in [2.05, 4.69) is 20.8 Å². The molecule has 0 aromatic rings. The predicted octanol–water partition coefficient (Wildman–Crippen LogP) is 4.43. The van der Waals surface area contributed by atoms with Crippen molar-refractivity contribution in [1.29, 1.82) is 0 Å². The van der Waals surface area contributed by atoms with Gasteiger partial charge < -0.3 is 5.11 Å². The van der Waals surface area contributed by atoms with Gasteiger partial charge in [-0.15, -0.1) is 0 Å². The van der Waals surface area contributed by atoms with Crippen molar-refractivity contribution in [3.63, 3.8) is 0 Å². The largest absolute Gasteiger partial charge is 0.481 e. The lowest BCUT2D eigenvalue weighted by molar-refractivity contribution is -0.391. The molecule has 1 unspecified atom stereocenters. The Morgan fingerprint density at radius 3 is 1.85 bits per heavy atom. The zero-order valence-electron chi connectivity index (χ0n) is 14.4. The number of carboxylic acids is 1. The summed E-state index contributed by atoms with van der Waals surface area (Å²) < 4.78 is 0. The van der Waals surface area contributed by atoms with Gasteiger partial charge in [0.2, 0.25) is 0 Å². The van der Waals surface area contributed by atoms with Gasteiger partial charge in [0.15, 0.2) is 0 Å². The summed E-state index contributed by atoms with van der Waals surface area (Å²) in [6.07, 6.45) is 1.37. The fraction of sp³-hybridized carbons (Fsp3) is 0.938. The van der Waals surface area contributed by atoms with Crippen molar-refractivity contribution >= 4 is 5.97 Å². The lowest BCUT2D eigenvalue weighted by Gasteiger charge is -2.36. The standard InChI is InChI=1S/C16H32O4/c1-9-16(10-2,13(17)18)12(3)19-20-15(7,8)11-14(4,5)6/h12H,9-11H2,1-8H3,(H,17,18). The van der Waals surface area contributed by atoms with Crippen LogP contribution in [0.15, 0.2) is 0 Å². The maximum absolute atomic E-state index is 11.5. The number of aliphatic carboxylic acids is 1. The molecule has 0 aliphatic rings. The molecule has 0 aromatic carbocycles. The molecular weight excluding hydrogens is 256 g/mol. The van der Waals surface area contributed by atoms with Gasteiger partial charge in [0.05, 0.1) is 11.0 Å². The van der Waals surface area contributed by atoms with Crippen LogP contribution in [0.3, 0.4) is 0 Å². The fourth-order valence-electron chi connectivity index (χ4n) is 2.90. The zero-order chi connectivity index (χ0) is 16.2. The molecule has 0 radical (unpaired) electrons. The van der Waals surface area contributed by atoms with E-state index in [1.54, 1.807) is 6.92 Å². The van der Waals surface area contributed by atoms with E-state index in [9.17, 15) is 9.90 Å². The molecule has 1 atom stereocenters. The Labute approximate surface area is 123 Å². The lowest BCUT2D eigenvalue weighted by Crippen LogP contribution is -2.43. The molecule has 0 heterocycles. The highest BCUT2D eigenvalue weighted by Crippen LogP contribution is 2.35. The van der Waals surface area contributed by atoms with Crippen molar-refractivity contribution in [2.75, 3.05) is 0 Å². The molecule has 0 fully saturated rings. The first-order valence-electron chi connectivity index (χ1n) is 7.48. The normalized spacial score (nSPS) is 15.2. The van der Waals surface area contributed by atoms with E-state index in [0.717, 1.165) is 6.42 Å². The smallest absolute Gasteiger partial charge is 0.312 e. The molecule has 4 heteroatoms. The van der Waals surface area contributed by atoms with E-state index in [1.165, 1.54) is 0 Å². The van der Waals surface area contributed by atoms with E-state index in [-0.39, 0.29) is 5.41 Å². The molecule has 0 amide bonds. The van der Waals surface area contributed by atoms with Gasteiger partial charge >= 0.3 is 5.97 Å². The van der Waals surface area contributed by atoms with Gasteiger partial charge in [-0.3, -0.25) is 4.79 Å². The highest BCUT2D eigenvalue weighted by atomic mass is 17.2. The first-order chi connectivity index (χ1) is 8.90. The Morgan fingerprint density at radius 2 is 1.55 bits per heavy atom. The molecule has 1 N–H and O–H groups in total. The number of hydrogen-bond donors (Lipinski definition) is 1. The summed E-state index contributed by atoms with van der Waals surface area (Å²) in [7, 11) is 0. The Kier molecular flexibility index (Phi) is 6.69. The van der Waals surface area contributed by atoms with Crippen LogP contribution in [0.5, 0.6) is 0 Å². The first-order valence-corrected chi connectivity index (χ1v) is 7.48. The topological polar surface area (TPSA) is 55.8 Å². The van der Waals surface area contributed by atoms with Gasteiger partial charge in [0, 0.05) is 0 Å². The first kappa shape index (κ1) is 19.4. The molecule has 0 rings (SSSR count). The number of carbonyl (C=O) groups is 1. The van der Waals surface area contributed by atoms with Crippen LogP contribution in [-0.4, -0.2) is 22.8 Å². The monoisotopic (exact) mass is 288 g/mol. The van der Waals surface area contributed by atoms with Crippen LogP contribution in [0.25, 0.3) is 0 Å². The maximum atomic E-state index is 11.5. The molecule has 0 aromatic heterocycles. The average molecular weight is 288 g/mol. The minimum absolute atomic E-state index is 0.121. The zero-order valence-corrected chi connectivity index (χ0v) is 14.4. The maximum Gasteiger partial charge on any atom is 0.312 e. The summed E-state index contributed by atoms with van der Waals surface area (Å²) in [4.78, 5) is 22.6. The van der Waals surface area contributed by atoms with Crippen LogP contribution in [0, 0.1) is 10.8 Å². The van der Waals surface area contributed by atoms with Gasteiger partial charge in [-0.05, 0) is 45.4 Å². The van der Waals surface area contributed by atoms with Gasteiger partial charge in [-0.2, -0.15) is 0 Å². The number of carboxylic acid groups (broad SMARTS) is 1. The Morgan fingerprint density at radius 1 is 1.10 bits per heavy atom. The van der Waals surface area contributed by atoms with Crippen LogP contribution in [0.2, 0.25) is 0 Å². The highest BCUT2D eigenvalue weighted by Gasteiger charge is 2.43. The minimum Gasteiger partial charge on any atom is -0.481 e. The van der Waals surface area contributed by atoms with Gasteiger partial charge in [-0.25, -0.2) is 9.78 Å². The molecule has 0 aliphatic carbocycles. The lowest BCUT2D eigenvalue weighted by atomic mass is 9.78. The Balaban J connectivity index is 4.76. The quantitative estimate of drug-likeness (QED) is 0.530. The fourth-order valence-corrected chi connectivity index (χ4v) is 2.90. The minimum atomic E-state index is -0.891. The van der Waals surface area contributed by atoms with Crippen LogP contribution in [0.1, 0.15) is 74.7 Å².